The summed E-state index contributed by atoms with van der Waals surface area (Å²) < 4.78 is 1.41. The fourth-order valence-corrected chi connectivity index (χ4v) is 4.72. The first-order chi connectivity index (χ1) is 11.7. The van der Waals surface area contributed by atoms with Crippen molar-refractivity contribution in [2.75, 3.05) is 31.1 Å². The number of fused-ring (bicyclic) bond motifs is 1. The van der Waals surface area contributed by atoms with Crippen LogP contribution in [0.15, 0.2) is 10.9 Å². The monoisotopic (exact) mass is 349 g/mol. The second-order valence-corrected chi connectivity index (χ2v) is 7.54. The lowest BCUT2D eigenvalue weighted by atomic mass is 10.1. The third-order valence-electron chi connectivity index (χ3n) is 5.15. The van der Waals surface area contributed by atoms with E-state index in [2.05, 4.69) is 19.9 Å². The minimum absolute atomic E-state index is 0.105. The molecule has 0 bridgehead atoms. The Labute approximate surface area is 144 Å². The molecule has 1 aliphatic heterocycles. The third-order valence-corrected chi connectivity index (χ3v) is 6.12. The Bertz CT molecular complexity index is 780. The van der Waals surface area contributed by atoms with Crippen LogP contribution in [0, 0.1) is 0 Å². The molecule has 8 heteroatoms. The fourth-order valence-electron chi connectivity index (χ4n) is 3.75. The topological polar surface area (TPSA) is 74.0 Å². The second-order valence-electron chi connectivity index (χ2n) is 6.61. The predicted molar refractivity (Wildman–Crippen MR) is 93.9 cm³/mol. The van der Waals surface area contributed by atoms with Crippen molar-refractivity contribution >= 4 is 21.4 Å². The number of hydrogen-bond donors (Lipinski definition) is 1. The van der Waals surface area contributed by atoms with Gasteiger partial charge in [0.15, 0.2) is 0 Å². The number of aryl methyl sites for hydroxylation is 1. The van der Waals surface area contributed by atoms with Crippen LogP contribution in [0.2, 0.25) is 0 Å². The Kier molecular flexibility index (Phi) is 4.28. The summed E-state index contributed by atoms with van der Waals surface area (Å²) in [7, 11) is 0. The molecule has 2 atom stereocenters. The standard InChI is InChI=1S/C16H23N5O2S/c1-2-11-10-14(23)21-15(17-11)24-16(18-21)20-8-6-19(7-9-20)12-4-3-5-13(12)22/h10,12-13,22H,2-9H2,1H3. The van der Waals surface area contributed by atoms with Crippen LogP contribution in [0.4, 0.5) is 5.13 Å². The highest BCUT2D eigenvalue weighted by Crippen LogP contribution is 2.27. The van der Waals surface area contributed by atoms with E-state index in [0.717, 1.165) is 62.7 Å². The number of aromatic nitrogens is 3. The number of piperazine rings is 1. The van der Waals surface area contributed by atoms with E-state index in [9.17, 15) is 9.90 Å². The van der Waals surface area contributed by atoms with Gasteiger partial charge in [0, 0.05) is 44.0 Å². The van der Waals surface area contributed by atoms with Gasteiger partial charge in [-0.05, 0) is 25.7 Å². The summed E-state index contributed by atoms with van der Waals surface area (Å²) in [5, 5.41) is 15.4. The molecule has 24 heavy (non-hydrogen) atoms. The summed E-state index contributed by atoms with van der Waals surface area (Å²) in [6.07, 6.45) is 3.73. The number of nitrogens with zero attached hydrogens (tertiary/aromatic N) is 5. The summed E-state index contributed by atoms with van der Waals surface area (Å²) >= 11 is 1.48. The molecule has 1 saturated carbocycles. The molecule has 2 aromatic heterocycles. The van der Waals surface area contributed by atoms with E-state index in [-0.39, 0.29) is 11.7 Å². The van der Waals surface area contributed by atoms with Gasteiger partial charge < -0.3 is 10.0 Å². The van der Waals surface area contributed by atoms with Crippen molar-refractivity contribution in [3.8, 4) is 0 Å². The number of aliphatic hydroxyl groups is 1. The van der Waals surface area contributed by atoms with E-state index in [1.54, 1.807) is 6.07 Å². The SMILES string of the molecule is CCc1cc(=O)n2nc(N3CCN(C4CCCC4O)CC3)sc2n1. The van der Waals surface area contributed by atoms with Gasteiger partial charge in [-0.15, -0.1) is 5.10 Å². The molecule has 4 rings (SSSR count). The fraction of sp³-hybridized carbons (Fsp3) is 0.688. The first-order valence-electron chi connectivity index (χ1n) is 8.72. The van der Waals surface area contributed by atoms with Crippen molar-refractivity contribution in [3.05, 3.63) is 22.1 Å². The molecule has 0 spiro atoms. The quantitative estimate of drug-likeness (QED) is 0.881. The molecule has 1 N–H and O–H groups in total. The van der Waals surface area contributed by atoms with Crippen molar-refractivity contribution < 1.29 is 5.11 Å². The molecule has 130 valence electrons. The van der Waals surface area contributed by atoms with E-state index in [0.29, 0.717) is 11.0 Å². The van der Waals surface area contributed by atoms with Crippen molar-refractivity contribution in [2.45, 2.75) is 44.8 Å². The van der Waals surface area contributed by atoms with E-state index in [4.69, 9.17) is 0 Å². The summed E-state index contributed by atoms with van der Waals surface area (Å²) in [5.41, 5.74) is 0.710. The van der Waals surface area contributed by atoms with Gasteiger partial charge >= 0.3 is 0 Å². The van der Waals surface area contributed by atoms with Crippen LogP contribution < -0.4 is 10.5 Å². The maximum Gasteiger partial charge on any atom is 0.275 e. The van der Waals surface area contributed by atoms with Crippen LogP contribution in [0.5, 0.6) is 0 Å². The molecule has 0 aromatic carbocycles. The molecule has 2 aromatic rings. The van der Waals surface area contributed by atoms with Crippen molar-refractivity contribution in [2.24, 2.45) is 0 Å². The summed E-state index contributed by atoms with van der Waals surface area (Å²) in [5.74, 6) is 0. The Hall–Kier alpha value is -1.51. The zero-order valence-electron chi connectivity index (χ0n) is 13.9. The maximum atomic E-state index is 12.1. The molecule has 2 unspecified atom stereocenters. The second kappa shape index (κ2) is 6.42. The Morgan fingerprint density at radius 1 is 1.29 bits per heavy atom. The lowest BCUT2D eigenvalue weighted by Crippen LogP contribution is -2.52. The molecular formula is C16H23N5O2S. The average molecular weight is 349 g/mol. The van der Waals surface area contributed by atoms with Crippen LogP contribution in [0.25, 0.3) is 4.96 Å². The Morgan fingerprint density at radius 2 is 2.08 bits per heavy atom. The van der Waals surface area contributed by atoms with Gasteiger partial charge in [0.1, 0.15) is 0 Å². The lowest BCUT2D eigenvalue weighted by Gasteiger charge is -2.38. The smallest absolute Gasteiger partial charge is 0.275 e. The molecular weight excluding hydrogens is 326 g/mol. The van der Waals surface area contributed by atoms with Crippen LogP contribution in [-0.4, -0.2) is 62.9 Å². The number of anilines is 1. The van der Waals surface area contributed by atoms with Gasteiger partial charge in [-0.2, -0.15) is 4.52 Å². The van der Waals surface area contributed by atoms with E-state index >= 15 is 0 Å². The average Bonchev–Trinajstić information content (AvgIpc) is 3.21. The molecule has 3 heterocycles. The highest BCUT2D eigenvalue weighted by Gasteiger charge is 2.33. The third kappa shape index (κ3) is 2.82. The van der Waals surface area contributed by atoms with Crippen LogP contribution in [0.1, 0.15) is 31.9 Å². The minimum Gasteiger partial charge on any atom is -0.391 e. The van der Waals surface area contributed by atoms with Crippen molar-refractivity contribution in [1.29, 1.82) is 0 Å². The number of rotatable bonds is 3. The van der Waals surface area contributed by atoms with Crippen molar-refractivity contribution in [3.63, 3.8) is 0 Å². The Balaban J connectivity index is 1.50. The van der Waals surface area contributed by atoms with Crippen LogP contribution in [0.3, 0.4) is 0 Å². The predicted octanol–water partition coefficient (Wildman–Crippen LogP) is 0.749. The van der Waals surface area contributed by atoms with E-state index in [1.165, 1.54) is 15.9 Å². The number of aliphatic hydroxyl groups excluding tert-OH is 1. The molecule has 0 amide bonds. The van der Waals surface area contributed by atoms with Gasteiger partial charge in [0.25, 0.3) is 5.56 Å². The maximum absolute atomic E-state index is 12.1. The molecule has 1 saturated heterocycles. The number of hydrogen-bond acceptors (Lipinski definition) is 7. The molecule has 2 aliphatic rings. The first-order valence-corrected chi connectivity index (χ1v) is 9.54. The largest absolute Gasteiger partial charge is 0.391 e. The molecule has 7 nitrogen and oxygen atoms in total. The zero-order valence-corrected chi connectivity index (χ0v) is 14.7. The molecule has 2 fully saturated rings. The normalized spacial score (nSPS) is 25.7. The van der Waals surface area contributed by atoms with Gasteiger partial charge in [-0.3, -0.25) is 9.69 Å². The summed E-state index contributed by atoms with van der Waals surface area (Å²) in [4.78, 5) is 21.9. The minimum atomic E-state index is -0.172. The van der Waals surface area contributed by atoms with Crippen LogP contribution >= 0.6 is 11.3 Å². The van der Waals surface area contributed by atoms with Gasteiger partial charge in [0.05, 0.1) is 6.10 Å². The molecule has 0 radical (unpaired) electrons. The molecule has 1 aliphatic carbocycles. The summed E-state index contributed by atoms with van der Waals surface area (Å²) in [6.45, 7) is 5.61. The van der Waals surface area contributed by atoms with Crippen LogP contribution in [-0.2, 0) is 6.42 Å². The highest BCUT2D eigenvalue weighted by molar-refractivity contribution is 7.20. The highest BCUT2D eigenvalue weighted by atomic mass is 32.1. The lowest BCUT2D eigenvalue weighted by molar-refractivity contribution is 0.0671. The first kappa shape index (κ1) is 16.0. The van der Waals surface area contributed by atoms with Crippen molar-refractivity contribution in [1.82, 2.24) is 19.5 Å². The van der Waals surface area contributed by atoms with E-state index in [1.807, 2.05) is 6.92 Å². The zero-order chi connectivity index (χ0) is 16.7. The van der Waals surface area contributed by atoms with E-state index < -0.39 is 0 Å². The van der Waals surface area contributed by atoms with Gasteiger partial charge in [-0.1, -0.05) is 18.3 Å². The van der Waals surface area contributed by atoms with Gasteiger partial charge in [0.2, 0.25) is 10.1 Å². The summed E-state index contributed by atoms with van der Waals surface area (Å²) in [6, 6.07) is 1.88. The van der Waals surface area contributed by atoms with Gasteiger partial charge in [-0.25, -0.2) is 4.98 Å². The Morgan fingerprint density at radius 3 is 2.75 bits per heavy atom.